The van der Waals surface area contributed by atoms with Crippen LogP contribution in [0.3, 0.4) is 0 Å². The van der Waals surface area contributed by atoms with Crippen molar-refractivity contribution >= 4 is 35.0 Å². The summed E-state index contributed by atoms with van der Waals surface area (Å²) in [6.45, 7) is 0. The first-order valence-electron chi connectivity index (χ1n) is 7.38. The number of rotatable bonds is 6. The molecule has 0 atom stereocenters. The third kappa shape index (κ3) is 4.07. The molecule has 1 aromatic carbocycles. The van der Waals surface area contributed by atoms with E-state index in [1.54, 1.807) is 12.1 Å². The summed E-state index contributed by atoms with van der Waals surface area (Å²) in [6, 6.07) is 9.89. The smallest absolute Gasteiger partial charge is 0.313 e. The fourth-order valence-electron chi connectivity index (χ4n) is 2.17. The molecule has 3 aromatic rings. The molecule has 0 saturated heterocycles. The molecule has 0 radical (unpaired) electrons. The number of pyridine rings is 1. The highest BCUT2D eigenvalue weighted by atomic mass is 35.5. The molecule has 2 aromatic heterocycles. The van der Waals surface area contributed by atoms with Crippen LogP contribution in [-0.2, 0) is 0 Å². The normalized spacial score (nSPS) is 10.9. The quantitative estimate of drug-likeness (QED) is 0.379. The van der Waals surface area contributed by atoms with Crippen LogP contribution < -0.4 is 5.43 Å². The van der Waals surface area contributed by atoms with E-state index in [4.69, 9.17) is 16.0 Å². The second-order valence-electron chi connectivity index (χ2n) is 5.12. The van der Waals surface area contributed by atoms with Gasteiger partial charge in [-0.2, -0.15) is 5.10 Å². The fraction of sp³-hybridized carbons (Fsp3) is 0. The summed E-state index contributed by atoms with van der Waals surface area (Å²) in [5.41, 5.74) is 2.48. The van der Waals surface area contributed by atoms with Gasteiger partial charge in [-0.25, -0.2) is 4.98 Å². The first kappa shape index (κ1) is 18.0. The molecule has 136 valence electrons. The predicted molar refractivity (Wildman–Crippen MR) is 97.9 cm³/mol. The van der Waals surface area contributed by atoms with Crippen LogP contribution >= 0.6 is 11.6 Å². The van der Waals surface area contributed by atoms with Gasteiger partial charge < -0.3 is 4.42 Å². The zero-order valence-electron chi connectivity index (χ0n) is 13.4. The van der Waals surface area contributed by atoms with E-state index in [1.165, 1.54) is 42.7 Å². The molecule has 0 unspecified atom stereocenters. The zero-order valence-corrected chi connectivity index (χ0v) is 14.2. The number of hydrazone groups is 1. The van der Waals surface area contributed by atoms with Crippen LogP contribution in [0.4, 0.5) is 17.2 Å². The Morgan fingerprint density at radius 3 is 2.70 bits per heavy atom. The maximum atomic E-state index is 10.9. The monoisotopic (exact) mass is 387 g/mol. The Kier molecular flexibility index (Phi) is 5.08. The van der Waals surface area contributed by atoms with E-state index in [9.17, 15) is 20.2 Å². The van der Waals surface area contributed by atoms with Gasteiger partial charge in [0.05, 0.1) is 21.1 Å². The van der Waals surface area contributed by atoms with Gasteiger partial charge in [-0.1, -0.05) is 11.6 Å². The van der Waals surface area contributed by atoms with E-state index in [0.717, 1.165) is 0 Å². The van der Waals surface area contributed by atoms with Crippen molar-refractivity contribution in [3.05, 3.63) is 79.7 Å². The van der Waals surface area contributed by atoms with Crippen LogP contribution in [0, 0.1) is 20.2 Å². The Morgan fingerprint density at radius 2 is 1.96 bits per heavy atom. The summed E-state index contributed by atoms with van der Waals surface area (Å²) in [6.07, 6.45) is 2.67. The van der Waals surface area contributed by atoms with Crippen LogP contribution in [0.5, 0.6) is 0 Å². The Hall–Kier alpha value is -3.79. The molecule has 3 rings (SSSR count). The van der Waals surface area contributed by atoms with Crippen LogP contribution in [0.2, 0.25) is 5.02 Å². The summed E-state index contributed by atoms with van der Waals surface area (Å²) in [4.78, 5) is 24.5. The van der Waals surface area contributed by atoms with Crippen molar-refractivity contribution in [2.45, 2.75) is 0 Å². The first-order chi connectivity index (χ1) is 13.0. The Labute approximate surface area is 156 Å². The molecule has 27 heavy (non-hydrogen) atoms. The number of nitro groups is 2. The molecular formula is C16H10ClN5O5. The number of nitro benzene ring substituents is 1. The van der Waals surface area contributed by atoms with E-state index >= 15 is 0 Å². The summed E-state index contributed by atoms with van der Waals surface area (Å²) < 4.78 is 5.55. The predicted octanol–water partition coefficient (Wildman–Crippen LogP) is 4.26. The largest absolute Gasteiger partial charge is 0.455 e. The Balaban J connectivity index is 1.79. The van der Waals surface area contributed by atoms with E-state index in [0.29, 0.717) is 22.1 Å². The van der Waals surface area contributed by atoms with Gasteiger partial charge in [-0.15, -0.1) is 0 Å². The fourth-order valence-corrected chi connectivity index (χ4v) is 2.38. The summed E-state index contributed by atoms with van der Waals surface area (Å²) in [5.74, 6) is 0.597. The number of hydrogen-bond donors (Lipinski definition) is 1. The van der Waals surface area contributed by atoms with Gasteiger partial charge in [0, 0.05) is 30.0 Å². The van der Waals surface area contributed by atoms with Gasteiger partial charge >= 0.3 is 5.69 Å². The minimum atomic E-state index is -0.583. The van der Waals surface area contributed by atoms with E-state index < -0.39 is 9.85 Å². The van der Waals surface area contributed by atoms with Crippen molar-refractivity contribution in [2.75, 3.05) is 5.43 Å². The summed E-state index contributed by atoms with van der Waals surface area (Å²) in [7, 11) is 0. The zero-order chi connectivity index (χ0) is 19.4. The molecule has 0 aliphatic rings. The molecule has 0 aliphatic heterocycles. The number of aromatic nitrogens is 1. The van der Waals surface area contributed by atoms with Gasteiger partial charge in [0.25, 0.3) is 5.69 Å². The molecule has 11 heteroatoms. The molecule has 1 N–H and O–H groups in total. The van der Waals surface area contributed by atoms with Crippen LogP contribution in [0.15, 0.2) is 58.2 Å². The Morgan fingerprint density at radius 1 is 1.15 bits per heavy atom. The van der Waals surface area contributed by atoms with Gasteiger partial charge in [0.15, 0.2) is 0 Å². The lowest BCUT2D eigenvalue weighted by Crippen LogP contribution is -1.98. The molecule has 0 spiro atoms. The Bertz CT molecular complexity index is 1050. The number of anilines is 1. The second kappa shape index (κ2) is 7.62. The topological polar surface area (TPSA) is 137 Å². The van der Waals surface area contributed by atoms with Crippen LogP contribution in [0.1, 0.15) is 5.76 Å². The number of furan rings is 1. The molecule has 0 bridgehead atoms. The van der Waals surface area contributed by atoms with Gasteiger partial charge in [-0.3, -0.25) is 25.7 Å². The molecular weight excluding hydrogens is 378 g/mol. The van der Waals surface area contributed by atoms with E-state index in [-0.39, 0.29) is 17.2 Å². The number of nitrogens with zero attached hydrogens (tertiary/aromatic N) is 4. The minimum Gasteiger partial charge on any atom is -0.455 e. The van der Waals surface area contributed by atoms with Crippen molar-refractivity contribution in [2.24, 2.45) is 5.10 Å². The third-order valence-corrected chi connectivity index (χ3v) is 3.73. The van der Waals surface area contributed by atoms with Crippen molar-refractivity contribution in [3.8, 4) is 11.3 Å². The van der Waals surface area contributed by atoms with Gasteiger partial charge in [-0.05, 0) is 24.3 Å². The van der Waals surface area contributed by atoms with Crippen molar-refractivity contribution < 1.29 is 14.3 Å². The average Bonchev–Trinajstić information content (AvgIpc) is 3.11. The van der Waals surface area contributed by atoms with Crippen molar-refractivity contribution in [1.82, 2.24) is 4.98 Å². The number of non-ortho nitro benzene ring substituents is 1. The lowest BCUT2D eigenvalue weighted by molar-refractivity contribution is -0.384. The number of halogens is 1. The minimum absolute atomic E-state index is 0.0211. The number of hydrogen-bond acceptors (Lipinski definition) is 8. The lowest BCUT2D eigenvalue weighted by Gasteiger charge is -2.01. The molecule has 10 nitrogen and oxygen atoms in total. The highest BCUT2D eigenvalue weighted by Gasteiger charge is 2.15. The standard InChI is InChI=1S/C16H10ClN5O5/c17-13-5-3-10(21(23)24)8-12(13)15-6-4-11(27-15)9-19-20-16-14(22(25)26)2-1-7-18-16/h1-9H,(H,18,20)/b19-9-. The molecule has 0 fully saturated rings. The van der Waals surface area contributed by atoms with Crippen molar-refractivity contribution in [3.63, 3.8) is 0 Å². The van der Waals surface area contributed by atoms with Crippen LogP contribution in [0.25, 0.3) is 11.3 Å². The van der Waals surface area contributed by atoms with Crippen molar-refractivity contribution in [1.29, 1.82) is 0 Å². The molecule has 0 saturated carbocycles. The van der Waals surface area contributed by atoms with E-state index in [1.807, 2.05) is 0 Å². The summed E-state index contributed by atoms with van der Waals surface area (Å²) in [5, 5.41) is 26.0. The van der Waals surface area contributed by atoms with Gasteiger partial charge in [0.1, 0.15) is 11.5 Å². The SMILES string of the molecule is O=[N+]([O-])c1ccc(Cl)c(-c2ccc(/C=N\Nc3ncccc3[N+](=O)[O-])o2)c1. The van der Waals surface area contributed by atoms with Crippen LogP contribution in [-0.4, -0.2) is 21.0 Å². The molecule has 2 heterocycles. The maximum Gasteiger partial charge on any atom is 0.313 e. The summed E-state index contributed by atoms with van der Waals surface area (Å²) >= 11 is 6.08. The number of nitrogens with one attached hydrogen (secondary N) is 1. The lowest BCUT2D eigenvalue weighted by atomic mass is 10.1. The number of benzene rings is 1. The third-order valence-electron chi connectivity index (χ3n) is 3.40. The van der Waals surface area contributed by atoms with E-state index in [2.05, 4.69) is 15.5 Å². The second-order valence-corrected chi connectivity index (χ2v) is 5.53. The molecule has 0 amide bonds. The maximum absolute atomic E-state index is 10.9. The average molecular weight is 388 g/mol. The van der Waals surface area contributed by atoms with Gasteiger partial charge in [0.2, 0.25) is 5.82 Å². The molecule has 0 aliphatic carbocycles. The highest BCUT2D eigenvalue weighted by Crippen LogP contribution is 2.32. The first-order valence-corrected chi connectivity index (χ1v) is 7.76. The highest BCUT2D eigenvalue weighted by molar-refractivity contribution is 6.33.